The van der Waals surface area contributed by atoms with E-state index >= 15 is 0 Å². The molecule has 0 spiro atoms. The Labute approximate surface area is 78.6 Å². The summed E-state index contributed by atoms with van der Waals surface area (Å²) in [7, 11) is 0. The Hall–Kier alpha value is -1.32. The van der Waals surface area contributed by atoms with Gasteiger partial charge in [0.15, 0.2) is 0 Å². The van der Waals surface area contributed by atoms with Gasteiger partial charge in [-0.2, -0.15) is 5.10 Å². The fourth-order valence-corrected chi connectivity index (χ4v) is 0.983. The first-order chi connectivity index (χ1) is 5.96. The third-order valence-electron chi connectivity index (χ3n) is 2.53. The van der Waals surface area contributed by atoms with Crippen LogP contribution in [0.4, 0.5) is 0 Å². The molecular formula is C9H16N4. The molecule has 72 valence electrons. The SMILES string of the molecule is CC(C)C1(C)C=CN(C(=N)N)N=C1. The largest absolute Gasteiger partial charge is 0.368 e. The number of hydrogen-bond donors (Lipinski definition) is 2. The Morgan fingerprint density at radius 3 is 2.54 bits per heavy atom. The summed E-state index contributed by atoms with van der Waals surface area (Å²) in [4.78, 5) is 0. The highest BCUT2D eigenvalue weighted by atomic mass is 15.5. The van der Waals surface area contributed by atoms with Crippen molar-refractivity contribution < 1.29 is 0 Å². The third kappa shape index (κ3) is 1.88. The average Bonchev–Trinajstić information content (AvgIpc) is 2.04. The van der Waals surface area contributed by atoms with E-state index < -0.39 is 0 Å². The summed E-state index contributed by atoms with van der Waals surface area (Å²) in [5.74, 6) is 0.430. The second kappa shape index (κ2) is 3.20. The lowest BCUT2D eigenvalue weighted by molar-refractivity contribution is 0.397. The molecule has 0 aliphatic carbocycles. The van der Waals surface area contributed by atoms with Crippen LogP contribution in [0.15, 0.2) is 17.4 Å². The lowest BCUT2D eigenvalue weighted by Crippen LogP contribution is -2.34. The van der Waals surface area contributed by atoms with Crippen molar-refractivity contribution in [2.45, 2.75) is 20.8 Å². The molecule has 4 nitrogen and oxygen atoms in total. The smallest absolute Gasteiger partial charge is 0.213 e. The lowest BCUT2D eigenvalue weighted by Gasteiger charge is -2.30. The number of nitrogens with zero attached hydrogens (tertiary/aromatic N) is 2. The third-order valence-corrected chi connectivity index (χ3v) is 2.53. The van der Waals surface area contributed by atoms with E-state index in [0.717, 1.165) is 0 Å². The lowest BCUT2D eigenvalue weighted by atomic mass is 9.80. The number of nitrogens with one attached hydrogen (secondary N) is 1. The summed E-state index contributed by atoms with van der Waals surface area (Å²) >= 11 is 0. The first-order valence-electron chi connectivity index (χ1n) is 4.33. The van der Waals surface area contributed by atoms with Crippen LogP contribution in [0.2, 0.25) is 0 Å². The van der Waals surface area contributed by atoms with E-state index in [-0.39, 0.29) is 11.4 Å². The maximum atomic E-state index is 7.16. The van der Waals surface area contributed by atoms with Crippen LogP contribution in [0.25, 0.3) is 0 Å². The number of hydrazone groups is 1. The van der Waals surface area contributed by atoms with E-state index in [0.29, 0.717) is 5.92 Å². The zero-order chi connectivity index (χ0) is 10.1. The predicted molar refractivity (Wildman–Crippen MR) is 54.3 cm³/mol. The van der Waals surface area contributed by atoms with Crippen molar-refractivity contribution in [1.82, 2.24) is 5.01 Å². The van der Waals surface area contributed by atoms with Crippen LogP contribution in [-0.2, 0) is 0 Å². The first-order valence-corrected chi connectivity index (χ1v) is 4.33. The van der Waals surface area contributed by atoms with Gasteiger partial charge in [0.1, 0.15) is 0 Å². The van der Waals surface area contributed by atoms with E-state index in [1.54, 1.807) is 6.20 Å². The molecule has 1 aliphatic rings. The van der Waals surface area contributed by atoms with Crippen molar-refractivity contribution >= 4 is 12.2 Å². The van der Waals surface area contributed by atoms with E-state index in [2.05, 4.69) is 25.9 Å². The van der Waals surface area contributed by atoms with Gasteiger partial charge in [-0.25, -0.2) is 5.01 Å². The van der Waals surface area contributed by atoms with E-state index in [4.69, 9.17) is 11.1 Å². The number of allylic oxidation sites excluding steroid dienone is 1. The van der Waals surface area contributed by atoms with Crippen molar-refractivity contribution in [1.29, 1.82) is 5.41 Å². The van der Waals surface area contributed by atoms with Gasteiger partial charge in [0, 0.05) is 17.8 Å². The van der Waals surface area contributed by atoms with Gasteiger partial charge in [-0.1, -0.05) is 26.8 Å². The van der Waals surface area contributed by atoms with Gasteiger partial charge in [0.2, 0.25) is 5.96 Å². The molecule has 0 aromatic rings. The fraction of sp³-hybridized carbons (Fsp3) is 0.556. The Bertz CT molecular complexity index is 251. The maximum Gasteiger partial charge on any atom is 0.213 e. The van der Waals surface area contributed by atoms with Gasteiger partial charge in [-0.15, -0.1) is 0 Å². The minimum Gasteiger partial charge on any atom is -0.368 e. The summed E-state index contributed by atoms with van der Waals surface area (Å²) in [6.07, 6.45) is 5.59. The number of rotatable bonds is 1. The van der Waals surface area contributed by atoms with Crippen LogP contribution in [-0.4, -0.2) is 17.2 Å². The quantitative estimate of drug-likeness (QED) is 0.472. The van der Waals surface area contributed by atoms with E-state index in [1.807, 2.05) is 12.3 Å². The molecule has 1 atom stereocenters. The van der Waals surface area contributed by atoms with Gasteiger partial charge in [0.25, 0.3) is 0 Å². The summed E-state index contributed by atoms with van der Waals surface area (Å²) < 4.78 is 0. The molecule has 0 radical (unpaired) electrons. The Morgan fingerprint density at radius 1 is 1.62 bits per heavy atom. The maximum absolute atomic E-state index is 7.16. The molecule has 13 heavy (non-hydrogen) atoms. The van der Waals surface area contributed by atoms with Crippen molar-refractivity contribution in [3.05, 3.63) is 12.3 Å². The van der Waals surface area contributed by atoms with Crippen molar-refractivity contribution in [3.63, 3.8) is 0 Å². The van der Waals surface area contributed by atoms with Gasteiger partial charge < -0.3 is 5.73 Å². The normalized spacial score (nSPS) is 26.9. The number of nitrogens with two attached hydrogens (primary N) is 1. The molecule has 1 heterocycles. The highest BCUT2D eigenvalue weighted by Crippen LogP contribution is 2.28. The molecular weight excluding hydrogens is 164 g/mol. The number of guanidine groups is 1. The Morgan fingerprint density at radius 2 is 2.23 bits per heavy atom. The molecule has 0 fully saturated rings. The minimum absolute atomic E-state index is 0.0219. The van der Waals surface area contributed by atoms with Crippen LogP contribution in [0.1, 0.15) is 20.8 Å². The summed E-state index contributed by atoms with van der Waals surface area (Å²) in [5, 5.41) is 12.6. The van der Waals surface area contributed by atoms with Crippen LogP contribution in [0, 0.1) is 16.7 Å². The Kier molecular flexibility index (Phi) is 2.40. The van der Waals surface area contributed by atoms with Crippen LogP contribution >= 0.6 is 0 Å². The summed E-state index contributed by atoms with van der Waals surface area (Å²) in [6.45, 7) is 6.38. The summed E-state index contributed by atoms with van der Waals surface area (Å²) in [5.41, 5.74) is 5.25. The summed E-state index contributed by atoms with van der Waals surface area (Å²) in [6, 6.07) is 0. The molecule has 0 amide bonds. The zero-order valence-corrected chi connectivity index (χ0v) is 8.28. The molecule has 0 saturated heterocycles. The monoisotopic (exact) mass is 180 g/mol. The first kappa shape index (κ1) is 9.77. The molecule has 0 saturated carbocycles. The topological polar surface area (TPSA) is 65.5 Å². The molecule has 1 rings (SSSR count). The van der Waals surface area contributed by atoms with Gasteiger partial charge in [0.05, 0.1) is 0 Å². The zero-order valence-electron chi connectivity index (χ0n) is 8.28. The molecule has 0 bridgehead atoms. The standard InChI is InChI=1S/C9H16N4/c1-7(2)9(3)4-5-13(8(10)11)12-6-9/h4-7H,1-3H3,(H3,10,11). The van der Waals surface area contributed by atoms with Crippen LogP contribution < -0.4 is 5.73 Å². The second-order valence-electron chi connectivity index (χ2n) is 3.81. The molecule has 0 aromatic heterocycles. The van der Waals surface area contributed by atoms with Gasteiger partial charge in [-0.3, -0.25) is 5.41 Å². The number of hydrogen-bond acceptors (Lipinski definition) is 2. The van der Waals surface area contributed by atoms with E-state index in [9.17, 15) is 0 Å². The van der Waals surface area contributed by atoms with Gasteiger partial charge in [-0.05, 0) is 5.92 Å². The minimum atomic E-state index is -0.0571. The molecule has 0 aromatic carbocycles. The van der Waals surface area contributed by atoms with Crippen LogP contribution in [0.5, 0.6) is 0 Å². The van der Waals surface area contributed by atoms with Gasteiger partial charge >= 0.3 is 0 Å². The van der Waals surface area contributed by atoms with Crippen molar-refractivity contribution in [2.75, 3.05) is 0 Å². The van der Waals surface area contributed by atoms with Crippen LogP contribution in [0.3, 0.4) is 0 Å². The van der Waals surface area contributed by atoms with Crippen molar-refractivity contribution in [2.24, 2.45) is 22.2 Å². The highest BCUT2D eigenvalue weighted by molar-refractivity contribution is 5.79. The van der Waals surface area contributed by atoms with Crippen molar-refractivity contribution in [3.8, 4) is 0 Å². The molecule has 1 aliphatic heterocycles. The second-order valence-corrected chi connectivity index (χ2v) is 3.81. The molecule has 1 unspecified atom stereocenters. The fourth-order valence-electron chi connectivity index (χ4n) is 0.983. The highest BCUT2D eigenvalue weighted by Gasteiger charge is 2.26. The molecule has 3 N–H and O–H groups in total. The van der Waals surface area contributed by atoms with E-state index in [1.165, 1.54) is 5.01 Å². The Balaban J connectivity index is 2.79. The predicted octanol–water partition coefficient (Wildman–Crippen LogP) is 1.36. The molecule has 4 heteroatoms. The average molecular weight is 180 g/mol.